The Balaban J connectivity index is 2.79. The fourth-order valence-corrected chi connectivity index (χ4v) is 2.19. The Morgan fingerprint density at radius 1 is 1.57 bits per heavy atom. The number of nitriles is 1. The lowest BCUT2D eigenvalue weighted by Crippen LogP contribution is -1.94. The Morgan fingerprint density at radius 3 is 3.07 bits per heavy atom. The summed E-state index contributed by atoms with van der Waals surface area (Å²) in [5, 5.41) is 9.72. The molecule has 0 aliphatic rings. The van der Waals surface area contributed by atoms with Gasteiger partial charge in [0.25, 0.3) is 0 Å². The minimum atomic E-state index is 0.245. The van der Waals surface area contributed by atoms with Crippen LogP contribution < -0.4 is 0 Å². The molecule has 2 aromatic heterocycles. The van der Waals surface area contributed by atoms with E-state index in [1.54, 1.807) is 10.8 Å². The topological polar surface area (TPSA) is 54.5 Å². The van der Waals surface area contributed by atoms with Gasteiger partial charge in [0, 0.05) is 10.7 Å². The van der Waals surface area contributed by atoms with Crippen LogP contribution in [0.3, 0.4) is 0 Å². The van der Waals surface area contributed by atoms with E-state index in [0.717, 1.165) is 9.86 Å². The molecule has 0 fully saturated rings. The molecule has 70 valence electrons. The molecule has 0 bridgehead atoms. The van der Waals surface area contributed by atoms with Crippen molar-refractivity contribution in [2.45, 2.75) is 6.54 Å². The molecule has 4 nitrogen and oxygen atoms in total. The van der Waals surface area contributed by atoms with E-state index in [0.29, 0.717) is 10.8 Å². The first kappa shape index (κ1) is 9.44. The van der Waals surface area contributed by atoms with Crippen LogP contribution in [0.1, 0.15) is 0 Å². The molecule has 0 aromatic carbocycles. The second-order valence-corrected chi connectivity index (χ2v) is 3.84. The van der Waals surface area contributed by atoms with Gasteiger partial charge in [0.2, 0.25) is 0 Å². The van der Waals surface area contributed by atoms with E-state index in [-0.39, 0.29) is 6.54 Å². The predicted molar refractivity (Wildman–Crippen MR) is 55.9 cm³/mol. The fourth-order valence-electron chi connectivity index (χ4n) is 1.24. The Hall–Kier alpha value is -1.12. The molecule has 2 aromatic rings. The summed E-state index contributed by atoms with van der Waals surface area (Å²) in [6, 6.07) is 2.05. The molecule has 0 saturated carbocycles. The van der Waals surface area contributed by atoms with Crippen LogP contribution in [0.5, 0.6) is 0 Å². The number of halogens is 2. The van der Waals surface area contributed by atoms with Crippen LogP contribution in [0.25, 0.3) is 11.0 Å². The lowest BCUT2D eigenvalue weighted by atomic mass is 10.4. The molecule has 14 heavy (non-hydrogen) atoms. The zero-order valence-electron chi connectivity index (χ0n) is 6.91. The Kier molecular flexibility index (Phi) is 2.40. The van der Waals surface area contributed by atoms with Gasteiger partial charge in [-0.3, -0.25) is 0 Å². The summed E-state index contributed by atoms with van der Waals surface area (Å²) in [6.07, 6.45) is 3.15. The first-order valence-electron chi connectivity index (χ1n) is 3.76. The van der Waals surface area contributed by atoms with E-state index in [1.807, 2.05) is 6.07 Å². The van der Waals surface area contributed by atoms with Crippen LogP contribution in [0, 0.1) is 11.3 Å². The van der Waals surface area contributed by atoms with Crippen LogP contribution in [0.2, 0.25) is 5.15 Å². The highest BCUT2D eigenvalue weighted by atomic mass is 79.9. The smallest absolute Gasteiger partial charge is 0.146 e. The number of nitrogens with zero attached hydrogens (tertiary/aromatic N) is 4. The van der Waals surface area contributed by atoms with E-state index in [1.165, 1.54) is 6.33 Å². The summed E-state index contributed by atoms with van der Waals surface area (Å²) >= 11 is 9.24. The predicted octanol–water partition coefficient (Wildman–Crippen LogP) is 2.37. The van der Waals surface area contributed by atoms with Gasteiger partial charge in [0.05, 0.1) is 11.5 Å². The molecule has 0 aliphatic heterocycles. The van der Waals surface area contributed by atoms with Crippen molar-refractivity contribution in [3.8, 4) is 6.07 Å². The fraction of sp³-hybridized carbons (Fsp3) is 0.125. The highest BCUT2D eigenvalue weighted by Gasteiger charge is 2.11. The lowest BCUT2D eigenvalue weighted by Gasteiger charge is -1.96. The highest BCUT2D eigenvalue weighted by molar-refractivity contribution is 9.10. The third-order valence-corrected chi connectivity index (χ3v) is 2.69. The van der Waals surface area contributed by atoms with Gasteiger partial charge in [-0.15, -0.1) is 0 Å². The molecule has 0 radical (unpaired) electrons. The van der Waals surface area contributed by atoms with Gasteiger partial charge >= 0.3 is 0 Å². The minimum Gasteiger partial charge on any atom is -0.317 e. The molecule has 6 heteroatoms. The Bertz CT molecular complexity index is 528. The number of hydrogen-bond donors (Lipinski definition) is 0. The second kappa shape index (κ2) is 3.56. The molecule has 0 amide bonds. The molecule has 2 heterocycles. The molecule has 0 aliphatic carbocycles. The van der Waals surface area contributed by atoms with Crippen molar-refractivity contribution in [2.24, 2.45) is 0 Å². The summed E-state index contributed by atoms with van der Waals surface area (Å²) in [4.78, 5) is 7.94. The van der Waals surface area contributed by atoms with Gasteiger partial charge < -0.3 is 4.57 Å². The molecular weight excluding hydrogens is 267 g/mol. The SMILES string of the molecule is N#CCn1cc(Br)c2c(Cl)ncnc21. The molecule has 0 saturated heterocycles. The number of rotatable bonds is 1. The molecule has 2 rings (SSSR count). The summed E-state index contributed by atoms with van der Waals surface area (Å²) < 4.78 is 2.51. The third-order valence-electron chi connectivity index (χ3n) is 1.80. The van der Waals surface area contributed by atoms with Crippen LogP contribution in [-0.4, -0.2) is 14.5 Å². The molecule has 0 atom stereocenters. The first-order valence-corrected chi connectivity index (χ1v) is 4.93. The monoisotopic (exact) mass is 270 g/mol. The van der Waals surface area contributed by atoms with E-state index < -0.39 is 0 Å². The van der Waals surface area contributed by atoms with Crippen molar-refractivity contribution in [1.82, 2.24) is 14.5 Å². The van der Waals surface area contributed by atoms with Crippen LogP contribution in [0.4, 0.5) is 0 Å². The average Bonchev–Trinajstić information content (AvgIpc) is 2.46. The van der Waals surface area contributed by atoms with Gasteiger partial charge in [-0.25, -0.2) is 9.97 Å². The van der Waals surface area contributed by atoms with E-state index in [4.69, 9.17) is 16.9 Å². The van der Waals surface area contributed by atoms with Gasteiger partial charge in [-0.2, -0.15) is 5.26 Å². The summed E-state index contributed by atoms with van der Waals surface area (Å²) in [5.74, 6) is 0. The van der Waals surface area contributed by atoms with Crippen molar-refractivity contribution in [3.63, 3.8) is 0 Å². The first-order chi connectivity index (χ1) is 6.74. The van der Waals surface area contributed by atoms with Gasteiger partial charge in [-0.05, 0) is 15.9 Å². The number of hydrogen-bond acceptors (Lipinski definition) is 3. The van der Waals surface area contributed by atoms with Gasteiger partial charge in [-0.1, -0.05) is 11.6 Å². The minimum absolute atomic E-state index is 0.245. The maximum atomic E-state index is 8.60. The largest absolute Gasteiger partial charge is 0.317 e. The van der Waals surface area contributed by atoms with Crippen molar-refractivity contribution >= 4 is 38.6 Å². The number of aromatic nitrogens is 3. The Labute approximate surface area is 93.3 Å². The van der Waals surface area contributed by atoms with Crippen LogP contribution in [0.15, 0.2) is 17.0 Å². The molecule has 0 unspecified atom stereocenters. The van der Waals surface area contributed by atoms with E-state index in [2.05, 4.69) is 25.9 Å². The van der Waals surface area contributed by atoms with E-state index in [9.17, 15) is 0 Å². The van der Waals surface area contributed by atoms with Crippen molar-refractivity contribution in [1.29, 1.82) is 5.26 Å². The van der Waals surface area contributed by atoms with Crippen LogP contribution >= 0.6 is 27.5 Å². The summed E-state index contributed by atoms with van der Waals surface area (Å²) in [6.45, 7) is 0.245. The lowest BCUT2D eigenvalue weighted by molar-refractivity contribution is 0.857. The maximum Gasteiger partial charge on any atom is 0.146 e. The summed E-state index contributed by atoms with van der Waals surface area (Å²) in [7, 11) is 0. The highest BCUT2D eigenvalue weighted by Crippen LogP contribution is 2.29. The molecule has 0 spiro atoms. The third kappa shape index (κ3) is 1.37. The molecule has 0 N–H and O–H groups in total. The van der Waals surface area contributed by atoms with Crippen LogP contribution in [-0.2, 0) is 6.54 Å². The van der Waals surface area contributed by atoms with Gasteiger partial charge in [0.1, 0.15) is 23.7 Å². The molecular formula is C8H4BrClN4. The quantitative estimate of drug-likeness (QED) is 0.748. The standard InChI is InChI=1S/C8H4BrClN4/c9-5-3-14(2-1-11)8-6(5)7(10)12-4-13-8/h3-4H,2H2. The maximum absolute atomic E-state index is 8.60. The van der Waals surface area contributed by atoms with Crippen molar-refractivity contribution in [2.75, 3.05) is 0 Å². The summed E-state index contributed by atoms with van der Waals surface area (Å²) in [5.41, 5.74) is 0.665. The number of fused-ring (bicyclic) bond motifs is 1. The Morgan fingerprint density at radius 2 is 2.36 bits per heavy atom. The normalized spacial score (nSPS) is 10.4. The average molecular weight is 272 g/mol. The van der Waals surface area contributed by atoms with E-state index >= 15 is 0 Å². The zero-order chi connectivity index (χ0) is 10.1. The zero-order valence-corrected chi connectivity index (χ0v) is 9.25. The van der Waals surface area contributed by atoms with Gasteiger partial charge in [0.15, 0.2) is 0 Å². The van der Waals surface area contributed by atoms with Crippen molar-refractivity contribution in [3.05, 3.63) is 22.1 Å². The second-order valence-electron chi connectivity index (χ2n) is 2.63. The van der Waals surface area contributed by atoms with Crippen molar-refractivity contribution < 1.29 is 0 Å².